The molecular formula is C46H33N5. The summed E-state index contributed by atoms with van der Waals surface area (Å²) >= 11 is 0. The number of allylic oxidation sites excluding steroid dienone is 4. The predicted octanol–water partition coefficient (Wildman–Crippen LogP) is 11.1. The summed E-state index contributed by atoms with van der Waals surface area (Å²) in [7, 11) is 0. The Bertz CT molecular complexity index is 2690. The maximum atomic E-state index is 10.4. The first-order valence-electron chi connectivity index (χ1n) is 17.6. The molecule has 0 bridgehead atoms. The van der Waals surface area contributed by atoms with Gasteiger partial charge in [-0.15, -0.1) is 0 Å². The van der Waals surface area contributed by atoms with Gasteiger partial charge in [0.2, 0.25) is 0 Å². The minimum Gasteiger partial charge on any atom is -0.333 e. The molecule has 2 aromatic heterocycles. The number of hydrogen-bond donors (Lipinski definition) is 0. The SMILES string of the molecule is CC1CCCc2c1n(-c1ccccc1-c1ccccc1C1=CC(n3c4ccc(C#N)cc4c4cc(C#N)ccc43)CC(C#N)=C1)c1ccccc21. The molecule has 51 heavy (non-hydrogen) atoms. The van der Waals surface area contributed by atoms with Gasteiger partial charge in [0.1, 0.15) is 0 Å². The summed E-state index contributed by atoms with van der Waals surface area (Å²) < 4.78 is 4.78. The third-order valence-electron chi connectivity index (χ3n) is 10.9. The van der Waals surface area contributed by atoms with Gasteiger partial charge in [-0.25, -0.2) is 0 Å². The van der Waals surface area contributed by atoms with Crippen molar-refractivity contribution in [2.75, 3.05) is 0 Å². The van der Waals surface area contributed by atoms with Crippen molar-refractivity contribution in [1.82, 2.24) is 9.13 Å². The van der Waals surface area contributed by atoms with Crippen LogP contribution in [0.4, 0.5) is 0 Å². The molecule has 0 N–H and O–H groups in total. The molecule has 0 saturated heterocycles. The highest BCUT2D eigenvalue weighted by molar-refractivity contribution is 6.09. The van der Waals surface area contributed by atoms with Crippen LogP contribution in [0.3, 0.4) is 0 Å². The van der Waals surface area contributed by atoms with Crippen LogP contribution < -0.4 is 0 Å². The Balaban J connectivity index is 1.25. The number of hydrogen-bond acceptors (Lipinski definition) is 3. The lowest BCUT2D eigenvalue weighted by Crippen LogP contribution is -2.12. The number of benzene rings is 5. The molecular weight excluding hydrogens is 623 g/mol. The summed E-state index contributed by atoms with van der Waals surface area (Å²) in [4.78, 5) is 0. The van der Waals surface area contributed by atoms with Crippen LogP contribution in [0.1, 0.15) is 66.1 Å². The van der Waals surface area contributed by atoms with Gasteiger partial charge >= 0.3 is 0 Å². The molecule has 5 heteroatoms. The fraction of sp³-hybridized carbons (Fsp3) is 0.152. The van der Waals surface area contributed by atoms with E-state index in [0.29, 0.717) is 29.0 Å². The summed E-state index contributed by atoms with van der Waals surface area (Å²) in [5, 5.41) is 33.0. The molecule has 2 unspecified atom stereocenters. The zero-order valence-corrected chi connectivity index (χ0v) is 28.3. The minimum absolute atomic E-state index is 0.162. The molecule has 5 aromatic carbocycles. The third-order valence-corrected chi connectivity index (χ3v) is 10.9. The molecule has 0 amide bonds. The topological polar surface area (TPSA) is 81.2 Å². The van der Waals surface area contributed by atoms with Gasteiger partial charge in [-0.05, 0) is 102 Å². The van der Waals surface area contributed by atoms with Gasteiger partial charge in [0.25, 0.3) is 0 Å². The number of nitrogens with zero attached hydrogens (tertiary/aromatic N) is 5. The smallest absolute Gasteiger partial charge is 0.0991 e. The minimum atomic E-state index is -0.162. The van der Waals surface area contributed by atoms with E-state index in [0.717, 1.165) is 56.2 Å². The van der Waals surface area contributed by atoms with E-state index in [4.69, 9.17) is 0 Å². The van der Waals surface area contributed by atoms with E-state index in [1.807, 2.05) is 42.5 Å². The second-order valence-electron chi connectivity index (χ2n) is 13.8. The molecule has 2 aliphatic carbocycles. The number of aromatic nitrogens is 2. The van der Waals surface area contributed by atoms with Crippen LogP contribution in [-0.4, -0.2) is 9.13 Å². The van der Waals surface area contributed by atoms with Crippen molar-refractivity contribution < 1.29 is 0 Å². The van der Waals surface area contributed by atoms with E-state index in [1.165, 1.54) is 35.0 Å². The van der Waals surface area contributed by atoms with E-state index < -0.39 is 0 Å². The fourth-order valence-corrected chi connectivity index (χ4v) is 8.70. The first-order valence-corrected chi connectivity index (χ1v) is 17.6. The average molecular weight is 656 g/mol. The lowest BCUT2D eigenvalue weighted by Gasteiger charge is -2.26. The molecule has 0 spiro atoms. The van der Waals surface area contributed by atoms with E-state index in [-0.39, 0.29) is 6.04 Å². The van der Waals surface area contributed by atoms with Crippen molar-refractivity contribution >= 4 is 38.3 Å². The van der Waals surface area contributed by atoms with Crippen LogP contribution >= 0.6 is 0 Å². The highest BCUT2D eigenvalue weighted by Crippen LogP contribution is 2.45. The highest BCUT2D eigenvalue weighted by Gasteiger charge is 2.28. The standard InChI is InChI=1S/C46H33N5/c1-29-9-8-14-39-38-13-5-7-16-43(38)51(46(29)39)42-15-6-4-12-37(42)36-11-3-2-10-35(36)33-21-32(28-49)22-34(25-33)50-44-19-17-30(26-47)23-40(44)41-24-31(27-48)18-20-45(41)50/h2-7,10-13,15-21,23-25,29,34H,8-9,14,22H2,1H3. The fourth-order valence-electron chi connectivity index (χ4n) is 8.70. The molecule has 0 saturated carbocycles. The zero-order chi connectivity index (χ0) is 34.6. The maximum absolute atomic E-state index is 10.4. The normalized spacial score (nSPS) is 17.0. The number of rotatable bonds is 4. The average Bonchev–Trinajstić information content (AvgIpc) is 3.70. The lowest BCUT2D eigenvalue weighted by molar-refractivity contribution is 0.571. The van der Waals surface area contributed by atoms with Gasteiger partial charge in [-0.3, -0.25) is 0 Å². The van der Waals surface area contributed by atoms with E-state index in [2.05, 4.69) is 113 Å². The Hall–Kier alpha value is -6.61. The van der Waals surface area contributed by atoms with Crippen molar-refractivity contribution in [2.24, 2.45) is 0 Å². The number of aryl methyl sites for hydroxylation is 1. The van der Waals surface area contributed by atoms with Crippen LogP contribution in [-0.2, 0) is 6.42 Å². The predicted molar refractivity (Wildman–Crippen MR) is 204 cm³/mol. The Morgan fingerprint density at radius 1 is 0.647 bits per heavy atom. The van der Waals surface area contributed by atoms with Crippen LogP contribution in [0, 0.1) is 34.0 Å². The van der Waals surface area contributed by atoms with Gasteiger partial charge in [-0.2, -0.15) is 15.8 Å². The van der Waals surface area contributed by atoms with Crippen molar-refractivity contribution in [3.05, 3.63) is 155 Å². The summed E-state index contributed by atoms with van der Waals surface area (Å²) in [5.74, 6) is 0.451. The van der Waals surface area contributed by atoms with Crippen molar-refractivity contribution in [1.29, 1.82) is 15.8 Å². The quantitative estimate of drug-likeness (QED) is 0.189. The summed E-state index contributed by atoms with van der Waals surface area (Å²) in [5.41, 5.74) is 13.4. The second kappa shape index (κ2) is 12.1. The lowest BCUT2D eigenvalue weighted by atomic mass is 9.86. The summed E-state index contributed by atoms with van der Waals surface area (Å²) in [6, 6.07) is 44.5. The Morgan fingerprint density at radius 3 is 2.00 bits per heavy atom. The van der Waals surface area contributed by atoms with Crippen molar-refractivity contribution in [2.45, 2.75) is 44.6 Å². The van der Waals surface area contributed by atoms with E-state index >= 15 is 0 Å². The molecule has 7 aromatic rings. The molecule has 9 rings (SSSR count). The Morgan fingerprint density at radius 2 is 1.29 bits per heavy atom. The molecule has 242 valence electrons. The molecule has 2 atom stereocenters. The molecule has 2 heterocycles. The van der Waals surface area contributed by atoms with Crippen LogP contribution in [0.5, 0.6) is 0 Å². The first kappa shape index (κ1) is 30.4. The number of fused-ring (bicyclic) bond motifs is 6. The van der Waals surface area contributed by atoms with Crippen LogP contribution in [0.15, 0.2) is 127 Å². The van der Waals surface area contributed by atoms with Crippen molar-refractivity contribution in [3.63, 3.8) is 0 Å². The molecule has 5 nitrogen and oxygen atoms in total. The number of para-hydroxylation sites is 2. The summed E-state index contributed by atoms with van der Waals surface area (Å²) in [6.07, 6.45) is 8.35. The van der Waals surface area contributed by atoms with Gasteiger partial charge in [0.05, 0.1) is 46.6 Å². The Kier molecular flexibility index (Phi) is 7.20. The van der Waals surface area contributed by atoms with E-state index in [9.17, 15) is 15.8 Å². The highest BCUT2D eigenvalue weighted by atomic mass is 15.0. The van der Waals surface area contributed by atoms with E-state index in [1.54, 1.807) is 0 Å². The second-order valence-corrected chi connectivity index (χ2v) is 13.8. The third kappa shape index (κ3) is 4.80. The maximum Gasteiger partial charge on any atom is 0.0991 e. The molecule has 2 aliphatic rings. The largest absolute Gasteiger partial charge is 0.333 e. The van der Waals surface area contributed by atoms with Crippen molar-refractivity contribution in [3.8, 4) is 35.0 Å². The monoisotopic (exact) mass is 655 g/mol. The van der Waals surface area contributed by atoms with Crippen LogP contribution in [0.25, 0.3) is 55.1 Å². The Labute approximate surface area is 296 Å². The van der Waals surface area contributed by atoms with Gasteiger partial charge in [0, 0.05) is 50.4 Å². The molecule has 0 aliphatic heterocycles. The zero-order valence-electron chi connectivity index (χ0n) is 28.3. The van der Waals surface area contributed by atoms with Gasteiger partial charge in [-0.1, -0.05) is 73.7 Å². The van der Waals surface area contributed by atoms with Gasteiger partial charge in [0.15, 0.2) is 0 Å². The van der Waals surface area contributed by atoms with Gasteiger partial charge < -0.3 is 9.13 Å². The summed E-state index contributed by atoms with van der Waals surface area (Å²) in [6.45, 7) is 2.36. The first-order chi connectivity index (χ1) is 25.1. The molecule has 0 fully saturated rings. The molecule has 0 radical (unpaired) electrons. The van der Waals surface area contributed by atoms with Crippen LogP contribution in [0.2, 0.25) is 0 Å². The number of nitriles is 3.